The Labute approximate surface area is 130 Å². The predicted molar refractivity (Wildman–Crippen MR) is 80.6 cm³/mol. The summed E-state index contributed by atoms with van der Waals surface area (Å²) in [6, 6.07) is 8.29. The standard InChI is InChI=1S/C13H11ClFNO3S2/c1-20(17)11-6-5-8(14)7-10(11)9-3-2-4-12(13(9)15)21(16,18)19/h2-7H,1H3,(H2,16,18,19). The number of benzene rings is 2. The maximum Gasteiger partial charge on any atom is 0.240 e. The van der Waals surface area contributed by atoms with E-state index in [1.165, 1.54) is 36.6 Å². The van der Waals surface area contributed by atoms with E-state index < -0.39 is 31.9 Å². The molecule has 0 amide bonds. The van der Waals surface area contributed by atoms with Gasteiger partial charge in [0, 0.05) is 16.1 Å². The molecular formula is C13H11ClFNO3S2. The summed E-state index contributed by atoms with van der Waals surface area (Å²) in [7, 11) is -4.19. The van der Waals surface area contributed by atoms with Gasteiger partial charge in [0.2, 0.25) is 10.0 Å². The highest BCUT2D eigenvalue weighted by atomic mass is 35.5. The van der Waals surface area contributed by atoms with Gasteiger partial charge in [-0.1, -0.05) is 23.7 Å². The van der Waals surface area contributed by atoms with Crippen LogP contribution in [0.4, 0.5) is 4.39 Å². The molecule has 0 fully saturated rings. The number of primary sulfonamides is 1. The Balaban J connectivity index is 2.77. The molecular weight excluding hydrogens is 337 g/mol. The summed E-state index contributed by atoms with van der Waals surface area (Å²) in [5, 5.41) is 5.30. The molecule has 0 bridgehead atoms. The summed E-state index contributed by atoms with van der Waals surface area (Å²) in [4.78, 5) is -0.266. The molecule has 2 aromatic carbocycles. The van der Waals surface area contributed by atoms with Crippen molar-refractivity contribution in [3.63, 3.8) is 0 Å². The van der Waals surface area contributed by atoms with Crippen molar-refractivity contribution in [2.45, 2.75) is 9.79 Å². The molecule has 1 unspecified atom stereocenters. The minimum Gasteiger partial charge on any atom is -0.612 e. The molecule has 2 aromatic rings. The lowest BCUT2D eigenvalue weighted by Crippen LogP contribution is -2.14. The molecule has 2 N–H and O–H groups in total. The molecule has 0 spiro atoms. The number of hydrogen-bond acceptors (Lipinski definition) is 3. The Morgan fingerprint density at radius 1 is 1.24 bits per heavy atom. The van der Waals surface area contributed by atoms with Crippen molar-refractivity contribution in [1.82, 2.24) is 0 Å². The lowest BCUT2D eigenvalue weighted by molar-refractivity contribution is 0.569. The number of sulfonamides is 1. The molecule has 21 heavy (non-hydrogen) atoms. The van der Waals surface area contributed by atoms with Gasteiger partial charge < -0.3 is 4.55 Å². The van der Waals surface area contributed by atoms with Crippen molar-refractivity contribution in [3.05, 3.63) is 47.2 Å². The van der Waals surface area contributed by atoms with Crippen molar-refractivity contribution < 1.29 is 17.4 Å². The first-order chi connectivity index (χ1) is 9.71. The van der Waals surface area contributed by atoms with Crippen LogP contribution < -0.4 is 5.14 Å². The summed E-state index contributed by atoms with van der Waals surface area (Å²) in [6.45, 7) is 0. The number of rotatable bonds is 3. The van der Waals surface area contributed by atoms with Crippen LogP contribution in [-0.4, -0.2) is 19.2 Å². The second kappa shape index (κ2) is 5.94. The summed E-state index contributed by atoms with van der Waals surface area (Å²) in [6.07, 6.45) is 1.44. The van der Waals surface area contributed by atoms with Gasteiger partial charge in [-0.3, -0.25) is 0 Å². The first-order valence-corrected chi connectivity index (χ1v) is 9.14. The molecule has 0 heterocycles. The van der Waals surface area contributed by atoms with Gasteiger partial charge in [0.05, 0.1) is 0 Å². The van der Waals surface area contributed by atoms with Gasteiger partial charge in [-0.05, 0) is 35.4 Å². The van der Waals surface area contributed by atoms with Crippen molar-refractivity contribution in [2.24, 2.45) is 5.14 Å². The number of halogens is 2. The molecule has 8 heteroatoms. The second-order valence-corrected chi connectivity index (χ2v) is 7.57. The minimum atomic E-state index is -4.19. The van der Waals surface area contributed by atoms with Crippen LogP contribution >= 0.6 is 11.6 Å². The third-order valence-corrected chi connectivity index (χ3v) is 4.95. The monoisotopic (exact) mass is 347 g/mol. The van der Waals surface area contributed by atoms with Gasteiger partial charge in [-0.2, -0.15) is 0 Å². The molecule has 0 saturated heterocycles. The van der Waals surface area contributed by atoms with Crippen LogP contribution in [0.1, 0.15) is 0 Å². The van der Waals surface area contributed by atoms with Gasteiger partial charge in [0.1, 0.15) is 11.2 Å². The Bertz CT molecular complexity index is 794. The van der Waals surface area contributed by atoms with Crippen LogP contribution in [0.5, 0.6) is 0 Å². The molecule has 1 atom stereocenters. The van der Waals surface area contributed by atoms with Crippen molar-refractivity contribution >= 4 is 32.8 Å². The van der Waals surface area contributed by atoms with Gasteiger partial charge >= 0.3 is 0 Å². The SMILES string of the molecule is C[S+]([O-])c1ccc(Cl)cc1-c1cccc(S(N)(=O)=O)c1F. The topological polar surface area (TPSA) is 83.2 Å². The fourth-order valence-electron chi connectivity index (χ4n) is 1.90. The van der Waals surface area contributed by atoms with E-state index >= 15 is 0 Å². The zero-order chi connectivity index (χ0) is 15.8. The minimum absolute atomic E-state index is 0.0192. The Kier molecular flexibility index (Phi) is 4.60. The fourth-order valence-corrected chi connectivity index (χ4v) is 3.44. The van der Waals surface area contributed by atoms with Crippen molar-refractivity contribution in [2.75, 3.05) is 6.26 Å². The average Bonchev–Trinajstić information content (AvgIpc) is 2.37. The Morgan fingerprint density at radius 3 is 2.48 bits per heavy atom. The van der Waals surface area contributed by atoms with E-state index in [-0.39, 0.29) is 11.1 Å². The normalized spacial score (nSPS) is 13.2. The molecule has 4 nitrogen and oxygen atoms in total. The molecule has 112 valence electrons. The molecule has 0 aromatic heterocycles. The van der Waals surface area contributed by atoms with E-state index in [1.807, 2.05) is 0 Å². The zero-order valence-corrected chi connectivity index (χ0v) is 13.2. The van der Waals surface area contributed by atoms with Crippen LogP contribution in [0.2, 0.25) is 5.02 Å². The quantitative estimate of drug-likeness (QED) is 0.866. The molecule has 0 aliphatic heterocycles. The maximum absolute atomic E-state index is 14.4. The summed E-state index contributed by atoms with van der Waals surface area (Å²) >= 11 is 4.50. The Morgan fingerprint density at radius 2 is 1.90 bits per heavy atom. The van der Waals surface area contributed by atoms with E-state index in [4.69, 9.17) is 16.7 Å². The summed E-state index contributed by atoms with van der Waals surface area (Å²) < 4.78 is 48.9. The van der Waals surface area contributed by atoms with E-state index in [0.717, 1.165) is 6.07 Å². The van der Waals surface area contributed by atoms with E-state index in [0.29, 0.717) is 9.92 Å². The van der Waals surface area contributed by atoms with E-state index in [1.54, 1.807) is 0 Å². The smallest absolute Gasteiger partial charge is 0.240 e. The molecule has 0 radical (unpaired) electrons. The largest absolute Gasteiger partial charge is 0.612 e. The van der Waals surface area contributed by atoms with Crippen molar-refractivity contribution in [1.29, 1.82) is 0 Å². The number of hydrogen-bond donors (Lipinski definition) is 1. The average molecular weight is 348 g/mol. The molecule has 0 aliphatic rings. The third kappa shape index (κ3) is 3.38. The van der Waals surface area contributed by atoms with E-state index in [2.05, 4.69) is 0 Å². The molecule has 0 aliphatic carbocycles. The molecule has 2 rings (SSSR count). The maximum atomic E-state index is 14.4. The number of nitrogens with two attached hydrogens (primary N) is 1. The van der Waals surface area contributed by atoms with E-state index in [9.17, 15) is 17.4 Å². The highest BCUT2D eigenvalue weighted by Gasteiger charge is 2.22. The van der Waals surface area contributed by atoms with Gasteiger partial charge in [0.25, 0.3) is 0 Å². The first kappa shape index (κ1) is 16.3. The second-order valence-electron chi connectivity index (χ2n) is 4.26. The van der Waals surface area contributed by atoms with Crippen LogP contribution in [0, 0.1) is 5.82 Å². The van der Waals surface area contributed by atoms with Crippen LogP contribution in [0.15, 0.2) is 46.2 Å². The summed E-state index contributed by atoms with van der Waals surface area (Å²) in [5.74, 6) is -0.992. The van der Waals surface area contributed by atoms with Crippen LogP contribution in [0.3, 0.4) is 0 Å². The first-order valence-electron chi connectivity index (χ1n) is 5.66. The van der Waals surface area contributed by atoms with Gasteiger partial charge in [-0.15, -0.1) is 0 Å². The van der Waals surface area contributed by atoms with Crippen molar-refractivity contribution in [3.8, 4) is 11.1 Å². The highest BCUT2D eigenvalue weighted by Crippen LogP contribution is 2.33. The van der Waals surface area contributed by atoms with Crippen LogP contribution in [0.25, 0.3) is 11.1 Å². The third-order valence-electron chi connectivity index (χ3n) is 2.81. The molecule has 0 saturated carbocycles. The lowest BCUT2D eigenvalue weighted by Gasteiger charge is -2.13. The lowest BCUT2D eigenvalue weighted by atomic mass is 10.1. The fraction of sp³-hybridized carbons (Fsp3) is 0.0769. The zero-order valence-electron chi connectivity index (χ0n) is 10.8. The Hall–Kier alpha value is -1.12. The predicted octanol–water partition coefficient (Wildman–Crippen LogP) is 2.53. The van der Waals surface area contributed by atoms with Crippen LogP contribution in [-0.2, 0) is 21.2 Å². The van der Waals surface area contributed by atoms with Gasteiger partial charge in [0.15, 0.2) is 10.7 Å². The summed E-state index contributed by atoms with van der Waals surface area (Å²) in [5.41, 5.74) is 0.251. The van der Waals surface area contributed by atoms with Gasteiger partial charge in [-0.25, -0.2) is 17.9 Å². The highest BCUT2D eigenvalue weighted by molar-refractivity contribution is 7.90.